The van der Waals surface area contributed by atoms with E-state index in [2.05, 4.69) is 15.6 Å². The summed E-state index contributed by atoms with van der Waals surface area (Å²) in [6, 6.07) is 1.82. The molecule has 6 heteroatoms. The molecule has 0 aromatic carbocycles. The molecule has 0 fully saturated rings. The van der Waals surface area contributed by atoms with E-state index in [0.29, 0.717) is 19.6 Å². The SMILES string of the molecule is OCCn1cc(CNCc2ccno2)cn1. The van der Waals surface area contributed by atoms with Crippen LogP contribution in [0, 0.1) is 0 Å². The summed E-state index contributed by atoms with van der Waals surface area (Å²) >= 11 is 0. The van der Waals surface area contributed by atoms with E-state index >= 15 is 0 Å². The van der Waals surface area contributed by atoms with E-state index in [-0.39, 0.29) is 6.61 Å². The molecule has 0 radical (unpaired) electrons. The van der Waals surface area contributed by atoms with Gasteiger partial charge in [0.1, 0.15) is 5.76 Å². The van der Waals surface area contributed by atoms with E-state index in [4.69, 9.17) is 9.63 Å². The molecule has 0 atom stereocenters. The summed E-state index contributed by atoms with van der Waals surface area (Å²) in [4.78, 5) is 0. The summed E-state index contributed by atoms with van der Waals surface area (Å²) in [7, 11) is 0. The fraction of sp³-hybridized carbons (Fsp3) is 0.400. The van der Waals surface area contributed by atoms with Crippen LogP contribution in [0.4, 0.5) is 0 Å². The summed E-state index contributed by atoms with van der Waals surface area (Å²) in [5.74, 6) is 0.808. The molecule has 0 aliphatic carbocycles. The van der Waals surface area contributed by atoms with Crippen molar-refractivity contribution in [2.24, 2.45) is 0 Å². The molecule has 2 rings (SSSR count). The van der Waals surface area contributed by atoms with Gasteiger partial charge < -0.3 is 14.9 Å². The molecule has 0 bridgehead atoms. The van der Waals surface area contributed by atoms with Crippen molar-refractivity contribution in [1.29, 1.82) is 0 Å². The van der Waals surface area contributed by atoms with Gasteiger partial charge in [-0.05, 0) is 0 Å². The number of nitrogens with one attached hydrogen (secondary N) is 1. The minimum atomic E-state index is 0.104. The third-order valence-electron chi connectivity index (χ3n) is 2.14. The lowest BCUT2D eigenvalue weighted by Gasteiger charge is -1.98. The zero-order valence-corrected chi connectivity index (χ0v) is 8.83. The van der Waals surface area contributed by atoms with Crippen LogP contribution in [-0.2, 0) is 19.6 Å². The van der Waals surface area contributed by atoms with Gasteiger partial charge in [-0.15, -0.1) is 0 Å². The van der Waals surface area contributed by atoms with E-state index in [1.807, 2.05) is 12.3 Å². The van der Waals surface area contributed by atoms with Crippen molar-refractivity contribution in [3.05, 3.63) is 36.0 Å². The number of nitrogens with zero attached hydrogens (tertiary/aromatic N) is 3. The summed E-state index contributed by atoms with van der Waals surface area (Å²) in [6.45, 7) is 1.99. The van der Waals surface area contributed by atoms with Crippen LogP contribution in [0.1, 0.15) is 11.3 Å². The topological polar surface area (TPSA) is 76.1 Å². The van der Waals surface area contributed by atoms with Crippen LogP contribution in [0.15, 0.2) is 29.2 Å². The first-order valence-corrected chi connectivity index (χ1v) is 5.11. The molecule has 2 aromatic heterocycles. The first-order valence-electron chi connectivity index (χ1n) is 5.11. The highest BCUT2D eigenvalue weighted by molar-refractivity contribution is 5.03. The summed E-state index contributed by atoms with van der Waals surface area (Å²) in [5.41, 5.74) is 1.08. The predicted molar refractivity (Wildman–Crippen MR) is 56.4 cm³/mol. The highest BCUT2D eigenvalue weighted by Gasteiger charge is 1.99. The van der Waals surface area contributed by atoms with Gasteiger partial charge in [0.05, 0.1) is 32.1 Å². The van der Waals surface area contributed by atoms with Crippen LogP contribution in [0.3, 0.4) is 0 Å². The number of rotatable bonds is 6. The lowest BCUT2D eigenvalue weighted by Crippen LogP contribution is -2.11. The molecule has 0 unspecified atom stereocenters. The largest absolute Gasteiger partial charge is 0.394 e. The number of aromatic nitrogens is 3. The zero-order chi connectivity index (χ0) is 11.2. The molecule has 0 saturated heterocycles. The van der Waals surface area contributed by atoms with E-state index in [0.717, 1.165) is 11.3 Å². The molecule has 2 aromatic rings. The lowest BCUT2D eigenvalue weighted by molar-refractivity contribution is 0.269. The standard InChI is InChI=1S/C10H14N4O2/c15-4-3-14-8-9(6-12-14)5-11-7-10-1-2-13-16-10/h1-2,6,8,11,15H,3-5,7H2. The third kappa shape index (κ3) is 2.91. The molecule has 0 aliphatic rings. The van der Waals surface area contributed by atoms with Crippen molar-refractivity contribution in [3.8, 4) is 0 Å². The van der Waals surface area contributed by atoms with Gasteiger partial charge in [-0.1, -0.05) is 5.16 Å². The Hall–Kier alpha value is -1.66. The van der Waals surface area contributed by atoms with Crippen LogP contribution in [0.2, 0.25) is 0 Å². The molecule has 0 aliphatic heterocycles. The van der Waals surface area contributed by atoms with Gasteiger partial charge >= 0.3 is 0 Å². The van der Waals surface area contributed by atoms with Gasteiger partial charge in [0, 0.05) is 24.4 Å². The minimum absolute atomic E-state index is 0.104. The normalized spacial score (nSPS) is 10.8. The number of hydrogen-bond donors (Lipinski definition) is 2. The molecule has 0 spiro atoms. The van der Waals surface area contributed by atoms with Crippen LogP contribution in [0.25, 0.3) is 0 Å². The van der Waals surface area contributed by atoms with Gasteiger partial charge in [0.2, 0.25) is 0 Å². The Morgan fingerprint density at radius 1 is 1.44 bits per heavy atom. The van der Waals surface area contributed by atoms with E-state index < -0.39 is 0 Å². The molecule has 6 nitrogen and oxygen atoms in total. The highest BCUT2D eigenvalue weighted by atomic mass is 16.5. The first-order chi connectivity index (χ1) is 7.88. The number of aliphatic hydroxyl groups is 1. The van der Waals surface area contributed by atoms with Crippen LogP contribution >= 0.6 is 0 Å². The minimum Gasteiger partial charge on any atom is -0.394 e. The maximum atomic E-state index is 8.73. The Kier molecular flexibility index (Phi) is 3.68. The van der Waals surface area contributed by atoms with E-state index in [1.165, 1.54) is 0 Å². The molecule has 2 N–H and O–H groups in total. The Morgan fingerprint density at radius 3 is 3.12 bits per heavy atom. The smallest absolute Gasteiger partial charge is 0.150 e. The van der Waals surface area contributed by atoms with Gasteiger partial charge in [0.15, 0.2) is 0 Å². The quantitative estimate of drug-likeness (QED) is 0.727. The first kappa shape index (κ1) is 10.8. The summed E-state index contributed by atoms with van der Waals surface area (Å²) in [5, 5.41) is 19.7. The van der Waals surface area contributed by atoms with Crippen molar-refractivity contribution < 1.29 is 9.63 Å². The van der Waals surface area contributed by atoms with Gasteiger partial charge in [-0.25, -0.2) is 0 Å². The van der Waals surface area contributed by atoms with E-state index in [9.17, 15) is 0 Å². The summed E-state index contributed by atoms with van der Waals surface area (Å²) < 4.78 is 6.66. The van der Waals surface area contributed by atoms with Crippen molar-refractivity contribution in [1.82, 2.24) is 20.3 Å². The fourth-order valence-corrected chi connectivity index (χ4v) is 1.39. The van der Waals surface area contributed by atoms with E-state index in [1.54, 1.807) is 17.1 Å². The van der Waals surface area contributed by atoms with Crippen molar-refractivity contribution in [2.75, 3.05) is 6.61 Å². The fourth-order valence-electron chi connectivity index (χ4n) is 1.39. The van der Waals surface area contributed by atoms with Crippen molar-refractivity contribution >= 4 is 0 Å². The Balaban J connectivity index is 1.76. The van der Waals surface area contributed by atoms with Gasteiger partial charge in [-0.3, -0.25) is 4.68 Å². The predicted octanol–water partition coefficient (Wildman–Crippen LogP) is 0.153. The molecule has 86 valence electrons. The molecule has 0 amide bonds. The van der Waals surface area contributed by atoms with Crippen LogP contribution in [0.5, 0.6) is 0 Å². The molecule has 0 saturated carbocycles. The average Bonchev–Trinajstić information content (AvgIpc) is 2.90. The van der Waals surface area contributed by atoms with Crippen molar-refractivity contribution in [3.63, 3.8) is 0 Å². The van der Waals surface area contributed by atoms with Crippen LogP contribution < -0.4 is 5.32 Å². The Bertz CT molecular complexity index is 410. The highest BCUT2D eigenvalue weighted by Crippen LogP contribution is 1.99. The number of hydrogen-bond acceptors (Lipinski definition) is 5. The average molecular weight is 222 g/mol. The van der Waals surface area contributed by atoms with Crippen LogP contribution in [-0.4, -0.2) is 26.7 Å². The van der Waals surface area contributed by atoms with Crippen molar-refractivity contribution in [2.45, 2.75) is 19.6 Å². The Labute approximate surface area is 92.9 Å². The molecular weight excluding hydrogens is 208 g/mol. The van der Waals surface area contributed by atoms with Gasteiger partial charge in [0.25, 0.3) is 0 Å². The second kappa shape index (κ2) is 5.43. The molecule has 2 heterocycles. The second-order valence-electron chi connectivity index (χ2n) is 3.42. The third-order valence-corrected chi connectivity index (χ3v) is 2.14. The maximum Gasteiger partial charge on any atom is 0.150 e. The maximum absolute atomic E-state index is 8.73. The van der Waals surface area contributed by atoms with Gasteiger partial charge in [-0.2, -0.15) is 5.10 Å². The Morgan fingerprint density at radius 2 is 2.38 bits per heavy atom. The summed E-state index contributed by atoms with van der Waals surface area (Å²) in [6.07, 6.45) is 5.31. The lowest BCUT2D eigenvalue weighted by atomic mass is 10.3. The molecule has 16 heavy (non-hydrogen) atoms. The zero-order valence-electron chi connectivity index (χ0n) is 8.83. The monoisotopic (exact) mass is 222 g/mol. The second-order valence-corrected chi connectivity index (χ2v) is 3.42. The number of aliphatic hydroxyl groups excluding tert-OH is 1. The molecular formula is C10H14N4O2.